The third-order valence-corrected chi connectivity index (χ3v) is 2.98. The van der Waals surface area contributed by atoms with E-state index in [2.05, 4.69) is 6.92 Å². The Morgan fingerprint density at radius 1 is 1.39 bits per heavy atom. The Bertz CT molecular complexity index is 527. The van der Waals surface area contributed by atoms with Gasteiger partial charge in [-0.25, -0.2) is 0 Å². The Balaban J connectivity index is 2.05. The van der Waals surface area contributed by atoms with Crippen LogP contribution in [0.4, 0.5) is 0 Å². The summed E-state index contributed by atoms with van der Waals surface area (Å²) < 4.78 is 10.9. The molecule has 0 saturated carbocycles. The lowest BCUT2D eigenvalue weighted by molar-refractivity contribution is 0.0491. The molecular weight excluding hydrogens is 228 g/mol. The smallest absolute Gasteiger partial charge is 0.192 e. The maximum absolute atomic E-state index is 12.0. The summed E-state index contributed by atoms with van der Waals surface area (Å²) in [5.74, 6) is -0.0251. The van der Waals surface area contributed by atoms with E-state index in [1.54, 1.807) is 0 Å². The number of carbonyl (C=O) groups excluding carboxylic acids is 1. The molecule has 1 aromatic heterocycles. The quantitative estimate of drug-likeness (QED) is 0.727. The molecule has 0 saturated heterocycles. The topological polar surface area (TPSA) is 39.4 Å². The van der Waals surface area contributed by atoms with Crippen LogP contribution in [0.5, 0.6) is 0 Å². The van der Waals surface area contributed by atoms with Crippen molar-refractivity contribution >= 4 is 16.8 Å². The normalized spacial score (nSPS) is 12.8. The first-order valence-electron chi connectivity index (χ1n) is 6.33. The largest absolute Gasteiger partial charge is 0.464 e. The Hall–Kier alpha value is -1.61. The fourth-order valence-electron chi connectivity index (χ4n) is 1.98. The standard InChI is InChI=1S/C15H18O3/c1-3-6-11(2)17-10-14(16)13-9-18-15-8-5-4-7-12(13)15/h4-5,7-9,11H,3,6,10H2,1-2H3. The van der Waals surface area contributed by atoms with Crippen molar-refractivity contribution in [1.82, 2.24) is 0 Å². The molecule has 0 aliphatic rings. The van der Waals surface area contributed by atoms with Crippen LogP contribution in [0.15, 0.2) is 34.9 Å². The molecular formula is C15H18O3. The van der Waals surface area contributed by atoms with Gasteiger partial charge >= 0.3 is 0 Å². The lowest BCUT2D eigenvalue weighted by atomic mass is 10.1. The van der Waals surface area contributed by atoms with Gasteiger partial charge in [0.15, 0.2) is 5.78 Å². The monoisotopic (exact) mass is 246 g/mol. The van der Waals surface area contributed by atoms with Gasteiger partial charge < -0.3 is 9.15 Å². The van der Waals surface area contributed by atoms with E-state index in [0.29, 0.717) is 5.56 Å². The second kappa shape index (κ2) is 5.83. The molecule has 2 aromatic rings. The molecule has 18 heavy (non-hydrogen) atoms. The Morgan fingerprint density at radius 2 is 2.17 bits per heavy atom. The van der Waals surface area contributed by atoms with Crippen molar-refractivity contribution in [3.8, 4) is 0 Å². The number of rotatable bonds is 6. The van der Waals surface area contributed by atoms with E-state index in [4.69, 9.17) is 9.15 Å². The van der Waals surface area contributed by atoms with Gasteiger partial charge in [0.25, 0.3) is 0 Å². The van der Waals surface area contributed by atoms with Crippen molar-refractivity contribution in [3.63, 3.8) is 0 Å². The third kappa shape index (κ3) is 2.79. The van der Waals surface area contributed by atoms with Gasteiger partial charge in [0.2, 0.25) is 0 Å². The molecule has 96 valence electrons. The van der Waals surface area contributed by atoms with Gasteiger partial charge in [0, 0.05) is 5.39 Å². The van der Waals surface area contributed by atoms with Crippen LogP contribution >= 0.6 is 0 Å². The molecule has 2 rings (SSSR count). The van der Waals surface area contributed by atoms with Gasteiger partial charge in [-0.1, -0.05) is 31.5 Å². The van der Waals surface area contributed by atoms with Crippen molar-refractivity contribution in [1.29, 1.82) is 0 Å². The number of hydrogen-bond donors (Lipinski definition) is 0. The Kier molecular flexibility index (Phi) is 4.15. The van der Waals surface area contributed by atoms with E-state index >= 15 is 0 Å². The molecule has 0 aliphatic heterocycles. The highest BCUT2D eigenvalue weighted by molar-refractivity contribution is 6.07. The molecule has 0 spiro atoms. The minimum atomic E-state index is -0.0251. The van der Waals surface area contributed by atoms with Gasteiger partial charge in [0.05, 0.1) is 11.7 Å². The summed E-state index contributed by atoms with van der Waals surface area (Å²) in [5.41, 5.74) is 1.34. The number of furan rings is 1. The van der Waals surface area contributed by atoms with Crippen molar-refractivity contribution in [2.24, 2.45) is 0 Å². The number of Topliss-reactive ketones (excluding diaryl/α,β-unsaturated/α-hetero) is 1. The van der Waals surface area contributed by atoms with Crippen LogP contribution in [-0.4, -0.2) is 18.5 Å². The summed E-state index contributed by atoms with van der Waals surface area (Å²) in [5, 5.41) is 0.856. The highest BCUT2D eigenvalue weighted by Gasteiger charge is 2.14. The summed E-state index contributed by atoms with van der Waals surface area (Å²) >= 11 is 0. The van der Waals surface area contributed by atoms with E-state index in [0.717, 1.165) is 23.8 Å². The van der Waals surface area contributed by atoms with Gasteiger partial charge in [-0.05, 0) is 19.4 Å². The highest BCUT2D eigenvalue weighted by atomic mass is 16.5. The van der Waals surface area contributed by atoms with Gasteiger partial charge in [-0.2, -0.15) is 0 Å². The molecule has 1 atom stereocenters. The molecule has 1 heterocycles. The van der Waals surface area contributed by atoms with Crippen LogP contribution in [-0.2, 0) is 4.74 Å². The predicted octanol–water partition coefficient (Wildman–Crippen LogP) is 3.82. The van der Waals surface area contributed by atoms with Crippen molar-refractivity contribution in [3.05, 3.63) is 36.1 Å². The first-order chi connectivity index (χ1) is 8.72. The number of ether oxygens (including phenoxy) is 1. The van der Waals surface area contributed by atoms with Gasteiger partial charge in [0.1, 0.15) is 18.5 Å². The summed E-state index contributed by atoms with van der Waals surface area (Å²) in [7, 11) is 0. The van der Waals surface area contributed by atoms with Crippen LogP contribution < -0.4 is 0 Å². The molecule has 0 bridgehead atoms. The molecule has 1 aromatic carbocycles. The number of para-hydroxylation sites is 1. The van der Waals surface area contributed by atoms with E-state index < -0.39 is 0 Å². The molecule has 3 heteroatoms. The molecule has 0 fully saturated rings. The van der Waals surface area contributed by atoms with Crippen LogP contribution in [0.1, 0.15) is 37.0 Å². The van der Waals surface area contributed by atoms with Crippen molar-refractivity contribution in [2.75, 3.05) is 6.61 Å². The zero-order valence-corrected chi connectivity index (χ0v) is 10.8. The summed E-state index contributed by atoms with van der Waals surface area (Å²) in [6.45, 7) is 4.21. The molecule has 0 amide bonds. The second-order valence-electron chi connectivity index (χ2n) is 4.48. The summed E-state index contributed by atoms with van der Waals surface area (Å²) in [6, 6.07) is 7.53. The first kappa shape index (κ1) is 12.8. The first-order valence-corrected chi connectivity index (χ1v) is 6.33. The number of hydrogen-bond acceptors (Lipinski definition) is 3. The zero-order chi connectivity index (χ0) is 13.0. The lowest BCUT2D eigenvalue weighted by Gasteiger charge is -2.10. The molecule has 1 unspecified atom stereocenters. The van der Waals surface area contributed by atoms with Crippen LogP contribution in [0, 0.1) is 0 Å². The number of ketones is 1. The van der Waals surface area contributed by atoms with E-state index in [1.165, 1.54) is 6.26 Å². The van der Waals surface area contributed by atoms with Crippen molar-refractivity contribution in [2.45, 2.75) is 32.8 Å². The minimum Gasteiger partial charge on any atom is -0.464 e. The average Bonchev–Trinajstić information content (AvgIpc) is 2.80. The number of fused-ring (bicyclic) bond motifs is 1. The van der Waals surface area contributed by atoms with Gasteiger partial charge in [-0.15, -0.1) is 0 Å². The van der Waals surface area contributed by atoms with E-state index in [1.807, 2.05) is 31.2 Å². The van der Waals surface area contributed by atoms with Crippen LogP contribution in [0.2, 0.25) is 0 Å². The summed E-state index contributed by atoms with van der Waals surface area (Å²) in [6.07, 6.45) is 3.67. The SMILES string of the molecule is CCCC(C)OCC(=O)c1coc2ccccc12. The number of carbonyl (C=O) groups is 1. The maximum atomic E-state index is 12.0. The Labute approximate surface area is 107 Å². The third-order valence-electron chi connectivity index (χ3n) is 2.98. The van der Waals surface area contributed by atoms with Gasteiger partial charge in [-0.3, -0.25) is 4.79 Å². The highest BCUT2D eigenvalue weighted by Crippen LogP contribution is 2.21. The fraction of sp³-hybridized carbons (Fsp3) is 0.400. The lowest BCUT2D eigenvalue weighted by Crippen LogP contribution is -2.15. The van der Waals surface area contributed by atoms with E-state index in [9.17, 15) is 4.79 Å². The van der Waals surface area contributed by atoms with E-state index in [-0.39, 0.29) is 18.5 Å². The average molecular weight is 246 g/mol. The predicted molar refractivity (Wildman–Crippen MR) is 70.9 cm³/mol. The summed E-state index contributed by atoms with van der Waals surface area (Å²) in [4.78, 5) is 12.0. The molecule has 0 aliphatic carbocycles. The van der Waals surface area contributed by atoms with Crippen LogP contribution in [0.25, 0.3) is 11.0 Å². The molecule has 0 radical (unpaired) electrons. The zero-order valence-electron chi connectivity index (χ0n) is 10.8. The maximum Gasteiger partial charge on any atom is 0.192 e. The van der Waals surface area contributed by atoms with Crippen molar-refractivity contribution < 1.29 is 13.9 Å². The number of benzene rings is 1. The second-order valence-corrected chi connectivity index (χ2v) is 4.48. The minimum absolute atomic E-state index is 0.0251. The Morgan fingerprint density at radius 3 is 2.94 bits per heavy atom. The molecule has 3 nitrogen and oxygen atoms in total. The van der Waals surface area contributed by atoms with Crippen LogP contribution in [0.3, 0.4) is 0 Å². The molecule has 0 N–H and O–H groups in total. The fourth-order valence-corrected chi connectivity index (χ4v) is 1.98.